The van der Waals surface area contributed by atoms with Gasteiger partial charge in [0, 0.05) is 0 Å². The highest BCUT2D eigenvalue weighted by Crippen LogP contribution is 2.06. The lowest BCUT2D eigenvalue weighted by molar-refractivity contribution is -0.139. The summed E-state index contributed by atoms with van der Waals surface area (Å²) in [5.74, 6) is -0.250. The van der Waals surface area contributed by atoms with E-state index in [2.05, 4.69) is 10.9 Å². The second-order valence-electron chi connectivity index (χ2n) is 2.98. The van der Waals surface area contributed by atoms with Gasteiger partial charge in [-0.25, -0.2) is 0 Å². The predicted molar refractivity (Wildman–Crippen MR) is 47.6 cm³/mol. The van der Waals surface area contributed by atoms with Gasteiger partial charge in [0.2, 0.25) is 5.91 Å². The zero-order chi connectivity index (χ0) is 9.84. The molecule has 0 spiro atoms. The van der Waals surface area contributed by atoms with Crippen molar-refractivity contribution in [3.05, 3.63) is 0 Å². The highest BCUT2D eigenvalue weighted by atomic mass is 16.2. The van der Waals surface area contributed by atoms with E-state index in [0.717, 1.165) is 13.1 Å². The van der Waals surface area contributed by atoms with Crippen molar-refractivity contribution in [1.82, 2.24) is 15.8 Å². The fourth-order valence-corrected chi connectivity index (χ4v) is 1.49. The monoisotopic (exact) mass is 185 g/mol. The van der Waals surface area contributed by atoms with Crippen molar-refractivity contribution in [2.24, 2.45) is 0 Å². The molecule has 1 rings (SSSR count). The van der Waals surface area contributed by atoms with Gasteiger partial charge in [-0.05, 0) is 13.1 Å². The van der Waals surface area contributed by atoms with E-state index in [-0.39, 0.29) is 24.3 Å². The minimum atomic E-state index is -0.302. The average molecular weight is 185 g/mol. The summed E-state index contributed by atoms with van der Waals surface area (Å²) in [5.41, 5.74) is 4.65. The molecule has 5 nitrogen and oxygen atoms in total. The zero-order valence-corrected chi connectivity index (χ0v) is 7.96. The molecule has 0 saturated carbocycles. The van der Waals surface area contributed by atoms with E-state index >= 15 is 0 Å². The first-order chi connectivity index (χ1) is 6.19. The Hall–Kier alpha value is -1.10. The lowest BCUT2D eigenvalue weighted by atomic mass is 10.1. The van der Waals surface area contributed by atoms with E-state index in [1.807, 2.05) is 18.7 Å². The number of nitrogens with zero attached hydrogens (tertiary/aromatic N) is 1. The van der Waals surface area contributed by atoms with Gasteiger partial charge in [0.15, 0.2) is 0 Å². The summed E-state index contributed by atoms with van der Waals surface area (Å²) in [6.45, 7) is 5.51. The van der Waals surface area contributed by atoms with Crippen molar-refractivity contribution in [2.45, 2.75) is 26.3 Å². The van der Waals surface area contributed by atoms with Crippen molar-refractivity contribution < 1.29 is 9.59 Å². The van der Waals surface area contributed by atoms with Crippen LogP contribution in [-0.2, 0) is 9.59 Å². The lowest BCUT2D eigenvalue weighted by Gasteiger charge is -2.31. The number of nitrogens with one attached hydrogen (secondary N) is 2. The summed E-state index contributed by atoms with van der Waals surface area (Å²) in [6, 6.07) is -0.302. The Bertz CT molecular complexity index is 213. The number of rotatable bonds is 3. The second kappa shape index (κ2) is 4.23. The Balaban J connectivity index is 2.63. The predicted octanol–water partition coefficient (Wildman–Crippen LogP) is -0.752. The summed E-state index contributed by atoms with van der Waals surface area (Å²) in [4.78, 5) is 24.3. The molecule has 0 bridgehead atoms. The molecule has 2 amide bonds. The largest absolute Gasteiger partial charge is 0.292 e. The standard InChI is InChI=1S/C8H15N3O2/c1-3-11(4-2)6-5-7(12)9-10-8(6)13/h6H,3-5H2,1-2H3,(H,9,12)(H,10,13)/t6-/m0/s1. The number of amides is 2. The Morgan fingerprint density at radius 1 is 1.31 bits per heavy atom. The average Bonchev–Trinajstić information content (AvgIpc) is 2.13. The van der Waals surface area contributed by atoms with Gasteiger partial charge >= 0.3 is 0 Å². The zero-order valence-electron chi connectivity index (χ0n) is 7.96. The third-order valence-electron chi connectivity index (χ3n) is 2.26. The van der Waals surface area contributed by atoms with Gasteiger partial charge in [0.1, 0.15) is 0 Å². The summed E-state index contributed by atoms with van der Waals surface area (Å²) in [6.07, 6.45) is 0.257. The van der Waals surface area contributed by atoms with E-state index < -0.39 is 0 Å². The van der Waals surface area contributed by atoms with Crippen LogP contribution in [0.3, 0.4) is 0 Å². The maximum atomic E-state index is 11.3. The Morgan fingerprint density at radius 3 is 2.46 bits per heavy atom. The van der Waals surface area contributed by atoms with Crippen LogP contribution in [0.4, 0.5) is 0 Å². The van der Waals surface area contributed by atoms with Crippen LogP contribution in [0, 0.1) is 0 Å². The first kappa shape index (κ1) is 9.98. The van der Waals surface area contributed by atoms with Crippen LogP contribution in [0.1, 0.15) is 20.3 Å². The van der Waals surface area contributed by atoms with Gasteiger partial charge < -0.3 is 0 Å². The third-order valence-corrected chi connectivity index (χ3v) is 2.26. The first-order valence-electron chi connectivity index (χ1n) is 4.51. The van der Waals surface area contributed by atoms with Crippen molar-refractivity contribution in [3.8, 4) is 0 Å². The van der Waals surface area contributed by atoms with Gasteiger partial charge in [-0.1, -0.05) is 13.8 Å². The van der Waals surface area contributed by atoms with Crippen LogP contribution >= 0.6 is 0 Å². The maximum absolute atomic E-state index is 11.3. The minimum Gasteiger partial charge on any atom is -0.292 e. The van der Waals surface area contributed by atoms with Crippen molar-refractivity contribution >= 4 is 11.8 Å². The normalized spacial score (nSPS) is 22.8. The third kappa shape index (κ3) is 2.18. The summed E-state index contributed by atoms with van der Waals surface area (Å²) in [5, 5.41) is 0. The van der Waals surface area contributed by atoms with Crippen LogP contribution in [-0.4, -0.2) is 35.8 Å². The number of carbonyl (C=O) groups excluding carboxylic acids is 2. The Kier molecular flexibility index (Phi) is 3.25. The van der Waals surface area contributed by atoms with Gasteiger partial charge in [0.05, 0.1) is 12.5 Å². The Labute approximate surface area is 77.4 Å². The number of hydrazine groups is 1. The fourth-order valence-electron chi connectivity index (χ4n) is 1.49. The van der Waals surface area contributed by atoms with E-state index in [4.69, 9.17) is 0 Å². The van der Waals surface area contributed by atoms with Gasteiger partial charge in [-0.3, -0.25) is 25.3 Å². The molecule has 74 valence electrons. The smallest absolute Gasteiger partial charge is 0.256 e. The van der Waals surface area contributed by atoms with E-state index in [9.17, 15) is 9.59 Å². The van der Waals surface area contributed by atoms with E-state index in [1.165, 1.54) is 0 Å². The van der Waals surface area contributed by atoms with Crippen LogP contribution in [0.2, 0.25) is 0 Å². The molecular weight excluding hydrogens is 170 g/mol. The maximum Gasteiger partial charge on any atom is 0.256 e. The molecule has 0 aromatic heterocycles. The fraction of sp³-hybridized carbons (Fsp3) is 0.750. The molecule has 0 aromatic carbocycles. The molecule has 1 fully saturated rings. The SMILES string of the molecule is CCN(CC)[C@H]1CC(=O)NNC1=O. The number of hydrogen-bond donors (Lipinski definition) is 2. The molecule has 13 heavy (non-hydrogen) atoms. The molecule has 0 radical (unpaired) electrons. The second-order valence-corrected chi connectivity index (χ2v) is 2.98. The summed E-state index contributed by atoms with van der Waals surface area (Å²) in [7, 11) is 0. The topological polar surface area (TPSA) is 61.4 Å². The van der Waals surface area contributed by atoms with Crippen molar-refractivity contribution in [1.29, 1.82) is 0 Å². The minimum absolute atomic E-state index is 0.122. The van der Waals surface area contributed by atoms with Crippen LogP contribution in [0.15, 0.2) is 0 Å². The summed E-state index contributed by atoms with van der Waals surface area (Å²) >= 11 is 0. The van der Waals surface area contributed by atoms with Gasteiger partial charge in [-0.2, -0.15) is 0 Å². The highest BCUT2D eigenvalue weighted by Gasteiger charge is 2.30. The molecular formula is C8H15N3O2. The van der Waals surface area contributed by atoms with Gasteiger partial charge in [0.25, 0.3) is 5.91 Å². The number of likely N-dealkylation sites (N-methyl/N-ethyl adjacent to an activating group) is 1. The number of carbonyl (C=O) groups is 2. The van der Waals surface area contributed by atoms with Crippen molar-refractivity contribution in [2.75, 3.05) is 13.1 Å². The molecule has 0 aromatic rings. The number of hydrogen-bond acceptors (Lipinski definition) is 3. The van der Waals surface area contributed by atoms with Crippen molar-refractivity contribution in [3.63, 3.8) is 0 Å². The van der Waals surface area contributed by atoms with Crippen LogP contribution < -0.4 is 10.9 Å². The molecule has 1 heterocycles. The Morgan fingerprint density at radius 2 is 1.92 bits per heavy atom. The van der Waals surface area contributed by atoms with E-state index in [1.54, 1.807) is 0 Å². The molecule has 5 heteroatoms. The first-order valence-corrected chi connectivity index (χ1v) is 4.51. The molecule has 0 unspecified atom stereocenters. The van der Waals surface area contributed by atoms with Crippen LogP contribution in [0.5, 0.6) is 0 Å². The molecule has 1 atom stereocenters. The lowest BCUT2D eigenvalue weighted by Crippen LogP contribution is -2.58. The van der Waals surface area contributed by atoms with E-state index in [0.29, 0.717) is 0 Å². The van der Waals surface area contributed by atoms with Crippen LogP contribution in [0.25, 0.3) is 0 Å². The quantitative estimate of drug-likeness (QED) is 0.608. The summed E-state index contributed by atoms with van der Waals surface area (Å²) < 4.78 is 0. The molecule has 1 saturated heterocycles. The molecule has 0 aliphatic carbocycles. The molecule has 2 N–H and O–H groups in total. The van der Waals surface area contributed by atoms with Gasteiger partial charge in [-0.15, -0.1) is 0 Å². The molecule has 1 aliphatic rings. The highest BCUT2D eigenvalue weighted by molar-refractivity contribution is 5.93. The molecule has 1 aliphatic heterocycles.